The van der Waals surface area contributed by atoms with E-state index in [0.29, 0.717) is 6.42 Å². The SMILES string of the molecule is C=C1CCc2cc(Nc3c(C(=O)CCC)sc4cnccc34)ccc21. The summed E-state index contributed by atoms with van der Waals surface area (Å²) in [6.45, 7) is 6.16. The van der Waals surface area contributed by atoms with Crippen LogP contribution in [0.4, 0.5) is 11.4 Å². The molecule has 0 bridgehead atoms. The van der Waals surface area contributed by atoms with E-state index in [-0.39, 0.29) is 5.78 Å². The summed E-state index contributed by atoms with van der Waals surface area (Å²) in [5.41, 5.74) is 5.76. The molecule has 4 heteroatoms. The highest BCUT2D eigenvalue weighted by molar-refractivity contribution is 7.21. The fourth-order valence-corrected chi connectivity index (χ4v) is 4.49. The second-order valence-electron chi connectivity index (χ2n) is 6.45. The van der Waals surface area contributed by atoms with Gasteiger partial charge in [0.1, 0.15) is 0 Å². The minimum Gasteiger partial charge on any atom is -0.354 e. The van der Waals surface area contributed by atoms with Crippen LogP contribution in [0.3, 0.4) is 0 Å². The van der Waals surface area contributed by atoms with Crippen LogP contribution in [-0.4, -0.2) is 10.8 Å². The summed E-state index contributed by atoms with van der Waals surface area (Å²) in [7, 11) is 0. The van der Waals surface area contributed by atoms with Crippen LogP contribution < -0.4 is 5.32 Å². The number of carbonyl (C=O) groups is 1. The van der Waals surface area contributed by atoms with Gasteiger partial charge in [0, 0.05) is 29.9 Å². The summed E-state index contributed by atoms with van der Waals surface area (Å²) < 4.78 is 1.04. The number of aryl methyl sites for hydroxylation is 1. The van der Waals surface area contributed by atoms with Crippen molar-refractivity contribution in [3.63, 3.8) is 0 Å². The molecule has 4 rings (SSSR count). The Labute approximate surface area is 151 Å². The maximum absolute atomic E-state index is 12.6. The third-order valence-corrected chi connectivity index (χ3v) is 5.86. The molecule has 126 valence electrons. The Bertz CT molecular complexity index is 987. The molecule has 1 aromatic carbocycles. The smallest absolute Gasteiger partial charge is 0.174 e. The number of ketones is 1. The first-order valence-corrected chi connectivity index (χ1v) is 9.47. The molecule has 1 N–H and O–H groups in total. The number of aromatic nitrogens is 1. The molecule has 3 nitrogen and oxygen atoms in total. The van der Waals surface area contributed by atoms with Crippen LogP contribution >= 0.6 is 11.3 Å². The second kappa shape index (κ2) is 6.45. The van der Waals surface area contributed by atoms with Crippen LogP contribution in [0.25, 0.3) is 15.7 Å². The molecule has 0 spiro atoms. The molecule has 0 saturated heterocycles. The number of allylic oxidation sites excluding steroid dienone is 1. The summed E-state index contributed by atoms with van der Waals surface area (Å²) in [5.74, 6) is 0.195. The number of nitrogens with one attached hydrogen (secondary N) is 1. The molecule has 1 aliphatic rings. The lowest BCUT2D eigenvalue weighted by Crippen LogP contribution is -2.00. The van der Waals surface area contributed by atoms with E-state index in [9.17, 15) is 4.79 Å². The van der Waals surface area contributed by atoms with Crippen molar-refractivity contribution in [3.8, 4) is 0 Å². The van der Waals surface area contributed by atoms with Gasteiger partial charge in [-0.15, -0.1) is 11.3 Å². The van der Waals surface area contributed by atoms with Gasteiger partial charge in [0.15, 0.2) is 5.78 Å². The summed E-state index contributed by atoms with van der Waals surface area (Å²) in [5, 5.41) is 4.57. The Kier molecular flexibility index (Phi) is 4.14. The molecule has 0 saturated carbocycles. The fraction of sp³-hybridized carbons (Fsp3) is 0.238. The highest BCUT2D eigenvalue weighted by Gasteiger charge is 2.19. The molecule has 2 aromatic heterocycles. The maximum Gasteiger partial charge on any atom is 0.174 e. The van der Waals surface area contributed by atoms with E-state index in [2.05, 4.69) is 35.1 Å². The van der Waals surface area contributed by atoms with Gasteiger partial charge in [-0.2, -0.15) is 0 Å². The van der Waals surface area contributed by atoms with Crippen molar-refractivity contribution < 1.29 is 4.79 Å². The number of benzene rings is 1. The lowest BCUT2D eigenvalue weighted by atomic mass is 10.1. The highest BCUT2D eigenvalue weighted by Crippen LogP contribution is 2.39. The van der Waals surface area contributed by atoms with Crippen molar-refractivity contribution in [1.82, 2.24) is 4.98 Å². The number of nitrogens with zero attached hydrogens (tertiary/aromatic N) is 1. The standard InChI is InChI=1S/C21H20N2OS/c1-3-4-18(24)21-20(17-9-10-22-12-19(17)25-21)23-15-7-8-16-13(2)5-6-14(16)11-15/h7-12,23H,2-6H2,1H3. The number of fused-ring (bicyclic) bond motifs is 2. The predicted molar refractivity (Wildman–Crippen MR) is 106 cm³/mol. The Hall–Kier alpha value is -2.46. The van der Waals surface area contributed by atoms with Crippen LogP contribution in [0.15, 0.2) is 43.2 Å². The van der Waals surface area contributed by atoms with E-state index in [1.54, 1.807) is 6.20 Å². The van der Waals surface area contributed by atoms with Gasteiger partial charge in [0.05, 0.1) is 15.3 Å². The van der Waals surface area contributed by atoms with E-state index in [1.807, 2.05) is 19.2 Å². The first-order chi connectivity index (χ1) is 12.2. The van der Waals surface area contributed by atoms with Gasteiger partial charge >= 0.3 is 0 Å². The zero-order valence-corrected chi connectivity index (χ0v) is 15.1. The number of thiophene rings is 1. The van der Waals surface area contributed by atoms with E-state index in [4.69, 9.17) is 0 Å². The first-order valence-electron chi connectivity index (χ1n) is 8.65. The molecule has 0 aliphatic heterocycles. The minimum atomic E-state index is 0.195. The minimum absolute atomic E-state index is 0.195. The number of hydrogen-bond acceptors (Lipinski definition) is 4. The molecule has 3 aromatic rings. The van der Waals surface area contributed by atoms with Gasteiger partial charge in [-0.25, -0.2) is 0 Å². The van der Waals surface area contributed by atoms with E-state index in [0.717, 1.165) is 45.6 Å². The lowest BCUT2D eigenvalue weighted by molar-refractivity contribution is 0.0986. The Morgan fingerprint density at radius 1 is 1.32 bits per heavy atom. The van der Waals surface area contributed by atoms with Gasteiger partial charge < -0.3 is 5.32 Å². The zero-order valence-electron chi connectivity index (χ0n) is 14.3. The average molecular weight is 348 g/mol. The van der Waals surface area contributed by atoms with Crippen LogP contribution in [-0.2, 0) is 6.42 Å². The molecular formula is C21H20N2OS. The molecule has 0 fully saturated rings. The first kappa shape index (κ1) is 16.0. The molecule has 2 heterocycles. The Balaban J connectivity index is 1.77. The molecule has 0 radical (unpaired) electrons. The molecule has 25 heavy (non-hydrogen) atoms. The zero-order chi connectivity index (χ0) is 17.4. The number of rotatable bonds is 5. The van der Waals surface area contributed by atoms with Crippen molar-refractivity contribution in [2.75, 3.05) is 5.32 Å². The summed E-state index contributed by atoms with van der Waals surface area (Å²) in [4.78, 5) is 17.6. The topological polar surface area (TPSA) is 42.0 Å². The van der Waals surface area contributed by atoms with Gasteiger partial charge in [0.2, 0.25) is 0 Å². The van der Waals surface area contributed by atoms with Crippen molar-refractivity contribution in [1.29, 1.82) is 0 Å². The van der Waals surface area contributed by atoms with Crippen molar-refractivity contribution in [3.05, 3.63) is 59.2 Å². The molecule has 0 amide bonds. The lowest BCUT2D eigenvalue weighted by Gasteiger charge is -2.10. The monoisotopic (exact) mass is 348 g/mol. The van der Waals surface area contributed by atoms with Crippen LogP contribution in [0.5, 0.6) is 0 Å². The average Bonchev–Trinajstić information content (AvgIpc) is 3.17. The largest absolute Gasteiger partial charge is 0.354 e. The summed E-state index contributed by atoms with van der Waals surface area (Å²) >= 11 is 1.53. The highest BCUT2D eigenvalue weighted by atomic mass is 32.1. The van der Waals surface area contributed by atoms with Crippen LogP contribution in [0, 0.1) is 0 Å². The fourth-order valence-electron chi connectivity index (χ4n) is 3.40. The third-order valence-electron chi connectivity index (χ3n) is 4.67. The van der Waals surface area contributed by atoms with Gasteiger partial charge in [-0.3, -0.25) is 9.78 Å². The molecule has 0 atom stereocenters. The van der Waals surface area contributed by atoms with Gasteiger partial charge in [0.25, 0.3) is 0 Å². The van der Waals surface area contributed by atoms with Crippen molar-refractivity contribution in [2.24, 2.45) is 0 Å². The van der Waals surface area contributed by atoms with Gasteiger partial charge in [-0.1, -0.05) is 19.6 Å². The predicted octanol–water partition coefficient (Wildman–Crippen LogP) is 5.98. The number of Topliss-reactive ketones (excluding diaryl/α,β-unsaturated/α-hetero) is 1. The molecule has 0 unspecified atom stereocenters. The normalized spacial score (nSPS) is 13.2. The Morgan fingerprint density at radius 2 is 2.20 bits per heavy atom. The van der Waals surface area contributed by atoms with Gasteiger partial charge in [-0.05, 0) is 54.2 Å². The summed E-state index contributed by atoms with van der Waals surface area (Å²) in [6.07, 6.45) is 7.11. The Morgan fingerprint density at radius 3 is 3.04 bits per heavy atom. The van der Waals surface area contributed by atoms with Crippen molar-refractivity contribution >= 4 is 44.2 Å². The maximum atomic E-state index is 12.6. The number of hydrogen-bond donors (Lipinski definition) is 1. The van der Waals surface area contributed by atoms with E-state index in [1.165, 1.54) is 28.0 Å². The number of anilines is 2. The molecular weight excluding hydrogens is 328 g/mol. The summed E-state index contributed by atoms with van der Waals surface area (Å²) in [6, 6.07) is 8.38. The van der Waals surface area contributed by atoms with E-state index >= 15 is 0 Å². The molecule has 1 aliphatic carbocycles. The quantitative estimate of drug-likeness (QED) is 0.577. The number of carbonyl (C=O) groups excluding carboxylic acids is 1. The van der Waals surface area contributed by atoms with Crippen LogP contribution in [0.2, 0.25) is 0 Å². The van der Waals surface area contributed by atoms with Crippen LogP contribution in [0.1, 0.15) is 47.0 Å². The second-order valence-corrected chi connectivity index (χ2v) is 7.50. The van der Waals surface area contributed by atoms with Crippen molar-refractivity contribution in [2.45, 2.75) is 32.6 Å². The third kappa shape index (κ3) is 2.87. The number of pyridine rings is 1. The van der Waals surface area contributed by atoms with E-state index < -0.39 is 0 Å².